The van der Waals surface area contributed by atoms with E-state index in [1.807, 2.05) is 0 Å². The van der Waals surface area contributed by atoms with Gasteiger partial charge in [-0.1, -0.05) is 0 Å². The molecule has 0 aliphatic carbocycles. The van der Waals surface area contributed by atoms with E-state index in [0.717, 1.165) is 12.8 Å². The monoisotopic (exact) mass is 267 g/mol. The Morgan fingerprint density at radius 2 is 2.32 bits per heavy atom. The van der Waals surface area contributed by atoms with E-state index in [4.69, 9.17) is 9.84 Å². The predicted octanol–water partition coefficient (Wildman–Crippen LogP) is 0.369. The third kappa shape index (κ3) is 2.46. The Morgan fingerprint density at radius 1 is 1.58 bits per heavy atom. The molecule has 1 N–H and O–H groups in total. The zero-order valence-corrected chi connectivity index (χ0v) is 11.0. The number of aromatic nitrogens is 2. The van der Waals surface area contributed by atoms with E-state index in [2.05, 4.69) is 5.10 Å². The number of carboxylic acids is 1. The van der Waals surface area contributed by atoms with Crippen LogP contribution in [0.15, 0.2) is 6.20 Å². The lowest BCUT2D eigenvalue weighted by Gasteiger charge is -2.23. The molecular formula is C12H17N3O4. The van der Waals surface area contributed by atoms with E-state index in [1.54, 1.807) is 12.0 Å². The molecule has 1 aromatic rings. The van der Waals surface area contributed by atoms with Crippen LogP contribution in [0, 0.1) is 0 Å². The van der Waals surface area contributed by atoms with Crippen LogP contribution in [0.5, 0.6) is 0 Å². The molecule has 19 heavy (non-hydrogen) atoms. The Bertz CT molecular complexity index is 497. The molecule has 2 rings (SSSR count). The van der Waals surface area contributed by atoms with Gasteiger partial charge in [-0.2, -0.15) is 5.10 Å². The molecule has 1 saturated heterocycles. The van der Waals surface area contributed by atoms with E-state index >= 15 is 0 Å². The highest BCUT2D eigenvalue weighted by molar-refractivity contribution is 6.03. The van der Waals surface area contributed by atoms with E-state index in [1.165, 1.54) is 17.9 Å². The molecule has 1 amide bonds. The van der Waals surface area contributed by atoms with Gasteiger partial charge in [0, 0.05) is 20.7 Å². The third-order valence-electron chi connectivity index (χ3n) is 3.37. The summed E-state index contributed by atoms with van der Waals surface area (Å²) < 4.78 is 6.30. The number of aromatic carboxylic acids is 1. The highest BCUT2D eigenvalue weighted by Gasteiger charge is 2.32. The Labute approximate surface area is 110 Å². The summed E-state index contributed by atoms with van der Waals surface area (Å²) in [4.78, 5) is 25.3. The molecule has 1 aliphatic heterocycles. The van der Waals surface area contributed by atoms with Crippen LogP contribution in [-0.4, -0.2) is 58.0 Å². The van der Waals surface area contributed by atoms with Crippen molar-refractivity contribution in [1.82, 2.24) is 14.7 Å². The van der Waals surface area contributed by atoms with Gasteiger partial charge in [0.1, 0.15) is 0 Å². The molecular weight excluding hydrogens is 250 g/mol. The number of aryl methyl sites for hydroxylation is 1. The van der Waals surface area contributed by atoms with Gasteiger partial charge in [-0.25, -0.2) is 4.79 Å². The van der Waals surface area contributed by atoms with Crippen LogP contribution in [-0.2, 0) is 11.8 Å². The standard InChI is InChI=1S/C12H17N3O4/c1-14-10(12(17)18)9(6-13-14)11(16)15-5-3-4-8(15)7-19-2/h6,8H,3-5,7H2,1-2H3,(H,17,18)/t8-/m0/s1. The summed E-state index contributed by atoms with van der Waals surface area (Å²) in [6.45, 7) is 1.09. The number of hydrogen-bond acceptors (Lipinski definition) is 4. The van der Waals surface area contributed by atoms with Crippen molar-refractivity contribution in [2.75, 3.05) is 20.3 Å². The highest BCUT2D eigenvalue weighted by Crippen LogP contribution is 2.21. The molecule has 0 saturated carbocycles. The maximum Gasteiger partial charge on any atom is 0.354 e. The summed E-state index contributed by atoms with van der Waals surface area (Å²) in [5.74, 6) is -1.43. The first-order chi connectivity index (χ1) is 9.06. The van der Waals surface area contributed by atoms with E-state index in [0.29, 0.717) is 13.2 Å². The van der Waals surface area contributed by atoms with Crippen molar-refractivity contribution >= 4 is 11.9 Å². The zero-order valence-electron chi connectivity index (χ0n) is 11.0. The van der Waals surface area contributed by atoms with Crippen molar-refractivity contribution in [1.29, 1.82) is 0 Å². The van der Waals surface area contributed by atoms with Crippen LogP contribution in [0.1, 0.15) is 33.7 Å². The van der Waals surface area contributed by atoms with Crippen molar-refractivity contribution in [2.24, 2.45) is 7.05 Å². The molecule has 2 heterocycles. The topological polar surface area (TPSA) is 84.7 Å². The van der Waals surface area contributed by atoms with Crippen molar-refractivity contribution in [3.63, 3.8) is 0 Å². The molecule has 0 radical (unpaired) electrons. The second-order valence-corrected chi connectivity index (χ2v) is 4.59. The SMILES string of the molecule is COC[C@@H]1CCCN1C(=O)c1cnn(C)c1C(=O)O. The van der Waals surface area contributed by atoms with Gasteiger partial charge in [-0.05, 0) is 12.8 Å². The minimum atomic E-state index is -1.15. The summed E-state index contributed by atoms with van der Waals surface area (Å²) in [6.07, 6.45) is 3.10. The first kappa shape index (κ1) is 13.5. The van der Waals surface area contributed by atoms with E-state index < -0.39 is 5.97 Å². The summed E-state index contributed by atoms with van der Waals surface area (Å²) in [5, 5.41) is 13.0. The van der Waals surface area contributed by atoms with Crippen LogP contribution in [0.3, 0.4) is 0 Å². The molecule has 0 bridgehead atoms. The smallest absolute Gasteiger partial charge is 0.354 e. The molecule has 1 atom stereocenters. The van der Waals surface area contributed by atoms with Crippen LogP contribution >= 0.6 is 0 Å². The average molecular weight is 267 g/mol. The fourth-order valence-corrected chi connectivity index (χ4v) is 2.47. The molecule has 7 nitrogen and oxygen atoms in total. The number of likely N-dealkylation sites (tertiary alicyclic amines) is 1. The van der Waals surface area contributed by atoms with E-state index in [9.17, 15) is 9.59 Å². The van der Waals surface area contributed by atoms with Gasteiger partial charge in [-0.15, -0.1) is 0 Å². The Morgan fingerprint density at radius 3 is 2.95 bits per heavy atom. The second-order valence-electron chi connectivity index (χ2n) is 4.59. The number of nitrogens with zero attached hydrogens (tertiary/aromatic N) is 3. The summed E-state index contributed by atoms with van der Waals surface area (Å²) in [6, 6.07) is 0.0133. The summed E-state index contributed by atoms with van der Waals surface area (Å²) in [7, 11) is 3.10. The van der Waals surface area contributed by atoms with Gasteiger partial charge < -0.3 is 14.7 Å². The Hall–Kier alpha value is -1.89. The highest BCUT2D eigenvalue weighted by atomic mass is 16.5. The molecule has 0 aromatic carbocycles. The average Bonchev–Trinajstić information content (AvgIpc) is 2.95. The van der Waals surface area contributed by atoms with Crippen molar-refractivity contribution in [3.8, 4) is 0 Å². The normalized spacial score (nSPS) is 18.8. The summed E-state index contributed by atoms with van der Waals surface area (Å²) >= 11 is 0. The first-order valence-electron chi connectivity index (χ1n) is 6.11. The molecule has 7 heteroatoms. The fourth-order valence-electron chi connectivity index (χ4n) is 2.47. The van der Waals surface area contributed by atoms with Crippen molar-refractivity contribution in [3.05, 3.63) is 17.5 Å². The van der Waals surface area contributed by atoms with Crippen LogP contribution in [0.25, 0.3) is 0 Å². The number of methoxy groups -OCH3 is 1. The Kier molecular flexibility index (Phi) is 3.84. The maximum absolute atomic E-state index is 12.4. The number of hydrogen-bond donors (Lipinski definition) is 1. The first-order valence-corrected chi connectivity index (χ1v) is 6.11. The number of amides is 1. The van der Waals surface area contributed by atoms with Crippen molar-refractivity contribution in [2.45, 2.75) is 18.9 Å². The minimum absolute atomic E-state index is 0.0133. The van der Waals surface area contributed by atoms with Crippen molar-refractivity contribution < 1.29 is 19.4 Å². The largest absolute Gasteiger partial charge is 0.477 e. The number of carbonyl (C=O) groups is 2. The molecule has 1 fully saturated rings. The number of rotatable bonds is 4. The lowest BCUT2D eigenvalue weighted by atomic mass is 10.2. The predicted molar refractivity (Wildman–Crippen MR) is 66.1 cm³/mol. The molecule has 1 aliphatic rings. The third-order valence-corrected chi connectivity index (χ3v) is 3.37. The lowest BCUT2D eigenvalue weighted by Crippen LogP contribution is -2.38. The van der Waals surface area contributed by atoms with E-state index in [-0.39, 0.29) is 23.2 Å². The minimum Gasteiger partial charge on any atom is -0.477 e. The zero-order chi connectivity index (χ0) is 14.0. The fraction of sp³-hybridized carbons (Fsp3) is 0.583. The van der Waals surface area contributed by atoms with Gasteiger partial charge in [-0.3, -0.25) is 9.48 Å². The lowest BCUT2D eigenvalue weighted by molar-refractivity contribution is 0.0608. The molecule has 0 unspecified atom stereocenters. The van der Waals surface area contributed by atoms with Crippen LogP contribution in [0.4, 0.5) is 0 Å². The number of carboxylic acid groups (broad SMARTS) is 1. The van der Waals surface area contributed by atoms with Gasteiger partial charge in [0.05, 0.1) is 24.4 Å². The second kappa shape index (κ2) is 5.40. The van der Waals surface area contributed by atoms with Gasteiger partial charge in [0.15, 0.2) is 5.69 Å². The number of carbonyl (C=O) groups excluding carboxylic acids is 1. The summed E-state index contributed by atoms with van der Waals surface area (Å²) in [5.41, 5.74) is 0.0612. The molecule has 0 spiro atoms. The van der Waals surface area contributed by atoms with Crippen LogP contribution in [0.2, 0.25) is 0 Å². The molecule has 104 valence electrons. The van der Waals surface area contributed by atoms with Crippen LogP contribution < -0.4 is 0 Å². The quantitative estimate of drug-likeness (QED) is 0.852. The molecule has 1 aromatic heterocycles. The maximum atomic E-state index is 12.4. The van der Waals surface area contributed by atoms with Gasteiger partial charge in [0.25, 0.3) is 5.91 Å². The van der Waals surface area contributed by atoms with Gasteiger partial charge in [0.2, 0.25) is 0 Å². The Balaban J connectivity index is 2.27. The van der Waals surface area contributed by atoms with Gasteiger partial charge >= 0.3 is 5.97 Å². The number of ether oxygens (including phenoxy) is 1.